The number of imidazole rings is 1. The zero-order valence-electron chi connectivity index (χ0n) is 22.9. The Bertz CT molecular complexity index is 1820. The van der Waals surface area contributed by atoms with Crippen LogP contribution in [0.25, 0.3) is 56.0 Å². The lowest BCUT2D eigenvalue weighted by Gasteiger charge is -2.12. The number of benzene rings is 1. The molecule has 0 amide bonds. The van der Waals surface area contributed by atoms with Gasteiger partial charge in [-0.15, -0.1) is 0 Å². The maximum absolute atomic E-state index is 14.7. The molecule has 0 aliphatic rings. The smallest absolute Gasteiger partial charge is 0.181 e. The summed E-state index contributed by atoms with van der Waals surface area (Å²) < 4.78 is 14.7. The molecule has 6 rings (SSSR count). The van der Waals surface area contributed by atoms with Crippen LogP contribution in [0.1, 0.15) is 12.0 Å². The van der Waals surface area contributed by atoms with Gasteiger partial charge in [-0.25, -0.2) is 19.3 Å². The van der Waals surface area contributed by atoms with E-state index in [1.54, 1.807) is 24.5 Å². The van der Waals surface area contributed by atoms with Gasteiger partial charge in [0, 0.05) is 49.4 Å². The van der Waals surface area contributed by atoms with E-state index >= 15 is 0 Å². The molecule has 40 heavy (non-hydrogen) atoms. The normalized spacial score (nSPS) is 11.7. The summed E-state index contributed by atoms with van der Waals surface area (Å²) in [6.45, 7) is 0.946. The second-order valence-electron chi connectivity index (χ2n) is 10.4. The number of hydrogen-bond acceptors (Lipinski definition) is 7. The van der Waals surface area contributed by atoms with Crippen molar-refractivity contribution in [2.75, 3.05) is 39.6 Å². The van der Waals surface area contributed by atoms with E-state index in [0.29, 0.717) is 22.8 Å². The van der Waals surface area contributed by atoms with Crippen LogP contribution in [0.5, 0.6) is 0 Å². The van der Waals surface area contributed by atoms with Crippen molar-refractivity contribution in [1.82, 2.24) is 40.0 Å². The van der Waals surface area contributed by atoms with Crippen molar-refractivity contribution in [3.05, 3.63) is 72.6 Å². The Kier molecular flexibility index (Phi) is 6.69. The first-order chi connectivity index (χ1) is 19.4. The van der Waals surface area contributed by atoms with Gasteiger partial charge in [0.15, 0.2) is 17.1 Å². The van der Waals surface area contributed by atoms with Gasteiger partial charge in [-0.1, -0.05) is 6.07 Å². The first-order valence-electron chi connectivity index (χ1n) is 13.1. The van der Waals surface area contributed by atoms with E-state index in [1.807, 2.05) is 63.7 Å². The zero-order valence-corrected chi connectivity index (χ0v) is 22.9. The Hall–Kier alpha value is -4.70. The lowest BCUT2D eigenvalue weighted by Crippen LogP contribution is -2.13. The van der Waals surface area contributed by atoms with Crippen LogP contribution in [-0.4, -0.2) is 74.8 Å². The van der Waals surface area contributed by atoms with Crippen LogP contribution in [0.15, 0.2) is 61.2 Å². The van der Waals surface area contributed by atoms with Gasteiger partial charge < -0.3 is 14.8 Å². The van der Waals surface area contributed by atoms with Gasteiger partial charge in [-0.3, -0.25) is 10.1 Å². The molecule has 0 aliphatic heterocycles. The van der Waals surface area contributed by atoms with Gasteiger partial charge in [0.25, 0.3) is 0 Å². The molecule has 0 atom stereocenters. The van der Waals surface area contributed by atoms with Crippen LogP contribution >= 0.6 is 0 Å². The highest BCUT2D eigenvalue weighted by molar-refractivity contribution is 5.96. The van der Waals surface area contributed by atoms with Crippen LogP contribution in [0, 0.1) is 5.82 Å². The summed E-state index contributed by atoms with van der Waals surface area (Å²) in [6, 6.07) is 11.2. The molecule has 0 unspecified atom stereocenters. The Labute approximate surface area is 231 Å². The molecule has 5 heterocycles. The second-order valence-corrected chi connectivity index (χ2v) is 10.4. The monoisotopic (exact) mass is 535 g/mol. The number of H-pyrrole nitrogens is 2. The first-order valence-corrected chi connectivity index (χ1v) is 13.1. The van der Waals surface area contributed by atoms with Gasteiger partial charge in [0.05, 0.1) is 22.8 Å². The number of anilines is 1. The molecule has 202 valence electrons. The summed E-state index contributed by atoms with van der Waals surface area (Å²) in [5.41, 5.74) is 8.02. The van der Waals surface area contributed by atoms with Crippen molar-refractivity contribution >= 4 is 27.9 Å². The summed E-state index contributed by atoms with van der Waals surface area (Å²) in [5.74, 6) is 0.326. The zero-order chi connectivity index (χ0) is 27.8. The van der Waals surface area contributed by atoms with Crippen LogP contribution in [0.3, 0.4) is 0 Å². The minimum atomic E-state index is -0.256. The number of nitrogens with zero attached hydrogens (tertiary/aromatic N) is 7. The van der Waals surface area contributed by atoms with E-state index in [4.69, 9.17) is 4.98 Å². The summed E-state index contributed by atoms with van der Waals surface area (Å²) in [7, 11) is 8.05. The number of rotatable bonds is 8. The predicted octanol–water partition coefficient (Wildman–Crippen LogP) is 5.32. The second kappa shape index (κ2) is 10.5. The molecule has 0 aliphatic carbocycles. The molecule has 0 radical (unpaired) electrons. The highest BCUT2D eigenvalue weighted by atomic mass is 19.1. The lowest BCUT2D eigenvalue weighted by atomic mass is 10.0. The fourth-order valence-electron chi connectivity index (χ4n) is 4.89. The quantitative estimate of drug-likeness (QED) is 0.272. The van der Waals surface area contributed by atoms with Crippen molar-refractivity contribution in [2.24, 2.45) is 0 Å². The van der Waals surface area contributed by atoms with E-state index in [2.05, 4.69) is 41.1 Å². The molecule has 10 heteroatoms. The minimum absolute atomic E-state index is 0.256. The average Bonchev–Trinajstić information content (AvgIpc) is 3.56. The Morgan fingerprint density at radius 3 is 2.55 bits per heavy atom. The summed E-state index contributed by atoms with van der Waals surface area (Å²) in [5, 5.41) is 8.31. The third kappa shape index (κ3) is 5.01. The SMILES string of the molecule is CN(C)CCCc1cc(F)cc(-c2ccnc3nc(-c4[nH]nc5ncc(-c6cncc(N(C)C)c6)cc45)[nH]c23)c1. The van der Waals surface area contributed by atoms with Gasteiger partial charge >= 0.3 is 0 Å². The van der Waals surface area contributed by atoms with Crippen LogP contribution in [-0.2, 0) is 6.42 Å². The highest BCUT2D eigenvalue weighted by Gasteiger charge is 2.17. The summed E-state index contributed by atoms with van der Waals surface area (Å²) in [6.07, 6.45) is 8.89. The van der Waals surface area contributed by atoms with E-state index in [9.17, 15) is 4.39 Å². The third-order valence-corrected chi connectivity index (χ3v) is 6.95. The van der Waals surface area contributed by atoms with Gasteiger partial charge in [-0.05, 0) is 74.9 Å². The number of hydrogen-bond donors (Lipinski definition) is 2. The molecule has 0 bridgehead atoms. The van der Waals surface area contributed by atoms with E-state index < -0.39 is 0 Å². The molecule has 0 fully saturated rings. The van der Waals surface area contributed by atoms with Gasteiger partial charge in [0.1, 0.15) is 11.5 Å². The fourth-order valence-corrected chi connectivity index (χ4v) is 4.89. The molecule has 0 spiro atoms. The van der Waals surface area contributed by atoms with Crippen molar-refractivity contribution in [2.45, 2.75) is 12.8 Å². The molecule has 0 saturated carbocycles. The highest BCUT2D eigenvalue weighted by Crippen LogP contribution is 2.33. The molecular weight excluding hydrogens is 505 g/mol. The lowest BCUT2D eigenvalue weighted by molar-refractivity contribution is 0.400. The Morgan fingerprint density at radius 1 is 0.875 bits per heavy atom. The molecule has 1 aromatic carbocycles. The van der Waals surface area contributed by atoms with Crippen molar-refractivity contribution in [1.29, 1.82) is 0 Å². The van der Waals surface area contributed by atoms with Gasteiger partial charge in [0.2, 0.25) is 0 Å². The molecule has 2 N–H and O–H groups in total. The molecule has 6 aromatic rings. The van der Waals surface area contributed by atoms with Crippen LogP contribution in [0.4, 0.5) is 10.1 Å². The fraction of sp³-hybridized carbons (Fsp3) is 0.233. The number of nitrogens with one attached hydrogen (secondary N) is 2. The maximum Gasteiger partial charge on any atom is 0.181 e. The van der Waals surface area contributed by atoms with E-state index in [-0.39, 0.29) is 5.82 Å². The minimum Gasteiger partial charge on any atom is -0.376 e. The summed E-state index contributed by atoms with van der Waals surface area (Å²) in [4.78, 5) is 25.8. The molecule has 9 nitrogen and oxygen atoms in total. The number of halogens is 1. The van der Waals surface area contributed by atoms with E-state index in [0.717, 1.165) is 63.8 Å². The number of pyridine rings is 3. The van der Waals surface area contributed by atoms with Crippen molar-refractivity contribution in [3.8, 4) is 33.8 Å². The maximum atomic E-state index is 14.7. The molecule has 0 saturated heterocycles. The van der Waals surface area contributed by atoms with Crippen molar-refractivity contribution in [3.63, 3.8) is 0 Å². The summed E-state index contributed by atoms with van der Waals surface area (Å²) >= 11 is 0. The standard InChI is InChI=1S/C30H30FN9/c1-39(2)9-5-6-18-10-19(12-22(31)11-18)24-7-8-33-29-26(24)35-30(36-29)27-25-14-21(16-34-28(25)38-37-27)20-13-23(40(3)4)17-32-15-20/h7-8,10-17H,5-6,9H2,1-4H3,(H,33,35,36)(H,34,37,38). The number of aryl methyl sites for hydroxylation is 1. The first kappa shape index (κ1) is 25.6. The van der Waals surface area contributed by atoms with E-state index in [1.165, 1.54) is 0 Å². The van der Waals surface area contributed by atoms with Crippen LogP contribution < -0.4 is 4.90 Å². The Balaban J connectivity index is 1.39. The molecule has 5 aromatic heterocycles. The number of aromatic nitrogens is 7. The Morgan fingerprint density at radius 2 is 1.73 bits per heavy atom. The topological polar surface area (TPSA) is 103 Å². The number of aromatic amines is 2. The predicted molar refractivity (Wildman–Crippen MR) is 157 cm³/mol. The number of fused-ring (bicyclic) bond motifs is 2. The van der Waals surface area contributed by atoms with Crippen LogP contribution in [0.2, 0.25) is 0 Å². The largest absolute Gasteiger partial charge is 0.376 e. The van der Waals surface area contributed by atoms with Gasteiger partial charge in [-0.2, -0.15) is 5.10 Å². The molecular formula is C30H30FN9. The average molecular weight is 536 g/mol. The van der Waals surface area contributed by atoms with Crippen molar-refractivity contribution < 1.29 is 4.39 Å². The third-order valence-electron chi connectivity index (χ3n) is 6.95.